The van der Waals surface area contributed by atoms with Crippen LogP contribution in [0.4, 0.5) is 0 Å². The van der Waals surface area contributed by atoms with Gasteiger partial charge in [0.25, 0.3) is 0 Å². The van der Waals surface area contributed by atoms with Gasteiger partial charge in [-0.2, -0.15) is 0 Å². The molecule has 0 bridgehead atoms. The van der Waals surface area contributed by atoms with Crippen molar-refractivity contribution in [2.45, 2.75) is 142 Å². The van der Waals surface area contributed by atoms with Gasteiger partial charge in [0, 0.05) is 12.5 Å². The lowest BCUT2D eigenvalue weighted by atomic mass is 9.95. The first-order valence-corrected chi connectivity index (χ1v) is 15.0. The number of esters is 1. The number of aliphatic hydroxyl groups is 1. The van der Waals surface area contributed by atoms with Gasteiger partial charge in [-0.05, 0) is 76.4 Å². The molecular weight excluding hydrogens is 404 g/mol. The molecule has 4 nitrogen and oxygen atoms in total. The van der Waals surface area contributed by atoms with E-state index in [9.17, 15) is 9.90 Å². The zero-order valence-corrected chi connectivity index (χ0v) is 22.8. The van der Waals surface area contributed by atoms with E-state index in [0.717, 1.165) is 44.2 Å². The third-order valence-electron chi connectivity index (χ3n) is 6.35. The fraction of sp³-hybridized carbons (Fsp3) is 0.885. The SMILES string of the molecule is C=CC[C@@H](O)C[C@H](CC[C@H](C)CCCCC(=O)OC(C)(C)C)O[Si](CC)(CC)C(C)C. The summed E-state index contributed by atoms with van der Waals surface area (Å²) in [5.74, 6) is 0.485. The van der Waals surface area contributed by atoms with E-state index < -0.39 is 13.9 Å². The van der Waals surface area contributed by atoms with Gasteiger partial charge in [0.2, 0.25) is 0 Å². The van der Waals surface area contributed by atoms with Gasteiger partial charge in [-0.1, -0.05) is 53.5 Å². The number of aliphatic hydroxyl groups excluding tert-OH is 1. The lowest BCUT2D eigenvalue weighted by Gasteiger charge is -2.38. The summed E-state index contributed by atoms with van der Waals surface area (Å²) in [5, 5.41) is 10.4. The predicted octanol–water partition coefficient (Wildman–Crippen LogP) is 7.41. The van der Waals surface area contributed by atoms with Gasteiger partial charge in [0.05, 0.1) is 6.10 Å². The predicted molar refractivity (Wildman–Crippen MR) is 135 cm³/mol. The van der Waals surface area contributed by atoms with E-state index in [0.29, 0.717) is 30.7 Å². The summed E-state index contributed by atoms with van der Waals surface area (Å²) in [4.78, 5) is 11.9. The molecule has 0 aliphatic rings. The van der Waals surface area contributed by atoms with Gasteiger partial charge in [0.15, 0.2) is 8.32 Å². The molecule has 31 heavy (non-hydrogen) atoms. The summed E-state index contributed by atoms with van der Waals surface area (Å²) in [6.45, 7) is 20.9. The fourth-order valence-corrected chi connectivity index (χ4v) is 7.90. The number of rotatable bonds is 17. The summed E-state index contributed by atoms with van der Waals surface area (Å²) < 4.78 is 12.2. The largest absolute Gasteiger partial charge is 0.460 e. The topological polar surface area (TPSA) is 55.8 Å². The highest BCUT2D eigenvalue weighted by atomic mass is 28.4. The molecule has 0 aromatic heterocycles. The highest BCUT2D eigenvalue weighted by Crippen LogP contribution is 2.33. The molecule has 0 heterocycles. The second kappa shape index (κ2) is 15.2. The average Bonchev–Trinajstić information content (AvgIpc) is 2.66. The Balaban J connectivity index is 4.65. The summed E-state index contributed by atoms with van der Waals surface area (Å²) >= 11 is 0. The van der Waals surface area contributed by atoms with Gasteiger partial charge in [-0.15, -0.1) is 6.58 Å². The molecule has 0 rings (SSSR count). The van der Waals surface area contributed by atoms with Gasteiger partial charge >= 0.3 is 5.97 Å². The number of carbonyl (C=O) groups is 1. The maximum atomic E-state index is 11.9. The normalized spacial score (nSPS) is 15.5. The van der Waals surface area contributed by atoms with Gasteiger partial charge in [-0.3, -0.25) is 4.79 Å². The molecule has 0 saturated heterocycles. The number of hydrogen-bond acceptors (Lipinski definition) is 4. The Kier molecular flexibility index (Phi) is 14.9. The molecule has 5 heteroatoms. The van der Waals surface area contributed by atoms with E-state index in [4.69, 9.17) is 9.16 Å². The minimum atomic E-state index is -1.80. The maximum Gasteiger partial charge on any atom is 0.306 e. The van der Waals surface area contributed by atoms with Crippen molar-refractivity contribution >= 4 is 14.3 Å². The molecule has 0 unspecified atom stereocenters. The second-order valence-electron chi connectivity index (χ2n) is 10.6. The third-order valence-corrected chi connectivity index (χ3v) is 11.7. The highest BCUT2D eigenvalue weighted by molar-refractivity contribution is 6.75. The van der Waals surface area contributed by atoms with Gasteiger partial charge in [0.1, 0.15) is 5.60 Å². The zero-order chi connectivity index (χ0) is 24.1. The Hall–Kier alpha value is -0.653. The molecule has 0 radical (unpaired) electrons. The summed E-state index contributed by atoms with van der Waals surface area (Å²) in [6.07, 6.45) is 8.46. The Morgan fingerprint density at radius 1 is 1.06 bits per heavy atom. The van der Waals surface area contributed by atoms with Crippen molar-refractivity contribution in [2.24, 2.45) is 5.92 Å². The van der Waals surface area contributed by atoms with Crippen molar-refractivity contribution < 1.29 is 19.1 Å². The van der Waals surface area contributed by atoms with Crippen LogP contribution in [0.1, 0.15) is 107 Å². The number of carbonyl (C=O) groups excluding carboxylic acids is 1. The second-order valence-corrected chi connectivity index (χ2v) is 15.5. The van der Waals surface area contributed by atoms with Crippen molar-refractivity contribution in [1.29, 1.82) is 0 Å². The van der Waals surface area contributed by atoms with Crippen LogP contribution in [-0.4, -0.2) is 37.2 Å². The quantitative estimate of drug-likeness (QED) is 0.107. The third kappa shape index (κ3) is 13.5. The average molecular weight is 457 g/mol. The van der Waals surface area contributed by atoms with Gasteiger partial charge < -0.3 is 14.3 Å². The number of unbranched alkanes of at least 4 members (excludes halogenated alkanes) is 1. The minimum Gasteiger partial charge on any atom is -0.460 e. The lowest BCUT2D eigenvalue weighted by Crippen LogP contribution is -2.44. The van der Waals surface area contributed by atoms with Crippen LogP contribution in [0, 0.1) is 5.92 Å². The number of hydrogen-bond donors (Lipinski definition) is 1. The summed E-state index contributed by atoms with van der Waals surface area (Å²) in [7, 11) is -1.80. The van der Waals surface area contributed by atoms with Crippen LogP contribution < -0.4 is 0 Å². The zero-order valence-electron chi connectivity index (χ0n) is 21.8. The fourth-order valence-electron chi connectivity index (χ4n) is 4.29. The Bertz CT molecular complexity index is 494. The molecule has 0 aromatic carbocycles. The Morgan fingerprint density at radius 3 is 2.16 bits per heavy atom. The molecule has 3 atom stereocenters. The molecule has 184 valence electrons. The van der Waals surface area contributed by atoms with Crippen LogP contribution in [0.2, 0.25) is 17.6 Å². The van der Waals surface area contributed by atoms with Crippen molar-refractivity contribution in [2.75, 3.05) is 0 Å². The van der Waals surface area contributed by atoms with E-state index >= 15 is 0 Å². The first-order chi connectivity index (χ1) is 14.4. The molecule has 0 aromatic rings. The van der Waals surface area contributed by atoms with E-state index in [1.165, 1.54) is 0 Å². The molecule has 0 spiro atoms. The van der Waals surface area contributed by atoms with E-state index in [-0.39, 0.29) is 18.2 Å². The first-order valence-electron chi connectivity index (χ1n) is 12.6. The summed E-state index contributed by atoms with van der Waals surface area (Å²) in [5.41, 5.74) is 0.174. The lowest BCUT2D eigenvalue weighted by molar-refractivity contribution is -0.154. The molecule has 0 fully saturated rings. The van der Waals surface area contributed by atoms with Crippen LogP contribution in [0.5, 0.6) is 0 Å². The Morgan fingerprint density at radius 2 is 1.68 bits per heavy atom. The van der Waals surface area contributed by atoms with Crippen LogP contribution in [-0.2, 0) is 14.0 Å². The molecule has 0 aliphatic carbocycles. The molecule has 1 N–H and O–H groups in total. The van der Waals surface area contributed by atoms with Crippen molar-refractivity contribution in [1.82, 2.24) is 0 Å². The highest BCUT2D eigenvalue weighted by Gasteiger charge is 2.37. The van der Waals surface area contributed by atoms with Crippen molar-refractivity contribution in [3.63, 3.8) is 0 Å². The van der Waals surface area contributed by atoms with E-state index in [1.807, 2.05) is 20.8 Å². The standard InChI is InChI=1S/C26H52O4Si/c1-10-15-23(27)20-24(30-31(11-2,12-3)21(4)5)19-18-22(6)16-13-14-17-25(28)29-26(7,8)9/h10,21-24,27H,1,11-20H2,2-9H3/t22-,23-,24+/m1/s1. The smallest absolute Gasteiger partial charge is 0.306 e. The molecule has 0 aliphatic heterocycles. The van der Waals surface area contributed by atoms with Crippen LogP contribution >= 0.6 is 0 Å². The minimum absolute atomic E-state index is 0.0982. The number of ether oxygens (including phenoxy) is 1. The Labute approximate surface area is 194 Å². The van der Waals surface area contributed by atoms with Gasteiger partial charge in [-0.25, -0.2) is 0 Å². The van der Waals surface area contributed by atoms with Crippen molar-refractivity contribution in [3.05, 3.63) is 12.7 Å². The maximum absolute atomic E-state index is 11.9. The molecule has 0 amide bonds. The van der Waals surface area contributed by atoms with E-state index in [2.05, 4.69) is 41.2 Å². The monoisotopic (exact) mass is 456 g/mol. The molecular formula is C26H52O4Si. The first kappa shape index (κ1) is 30.3. The van der Waals surface area contributed by atoms with E-state index in [1.54, 1.807) is 6.08 Å². The molecule has 0 saturated carbocycles. The van der Waals surface area contributed by atoms with Crippen LogP contribution in [0.25, 0.3) is 0 Å². The summed E-state index contributed by atoms with van der Waals surface area (Å²) in [6, 6.07) is 2.24. The van der Waals surface area contributed by atoms with Crippen LogP contribution in [0.3, 0.4) is 0 Å². The van der Waals surface area contributed by atoms with Crippen LogP contribution in [0.15, 0.2) is 12.7 Å². The van der Waals surface area contributed by atoms with Crippen molar-refractivity contribution in [3.8, 4) is 0 Å².